The second-order valence-electron chi connectivity index (χ2n) is 5.40. The van der Waals surface area contributed by atoms with E-state index in [0.29, 0.717) is 11.5 Å². The van der Waals surface area contributed by atoms with E-state index in [4.69, 9.17) is 9.84 Å². The van der Waals surface area contributed by atoms with E-state index < -0.39 is 0 Å². The highest BCUT2D eigenvalue weighted by Gasteiger charge is 2.29. The fraction of sp³-hybridized carbons (Fsp3) is 0.533. The molecule has 0 bridgehead atoms. The fourth-order valence-corrected chi connectivity index (χ4v) is 3.05. The molecule has 1 unspecified atom stereocenters. The van der Waals surface area contributed by atoms with Crippen molar-refractivity contribution in [2.75, 3.05) is 13.2 Å². The van der Waals surface area contributed by atoms with Crippen molar-refractivity contribution in [3.05, 3.63) is 21.9 Å². The normalized spacial score (nSPS) is 20.9. The van der Waals surface area contributed by atoms with Crippen LogP contribution in [0.1, 0.15) is 41.2 Å². The lowest BCUT2D eigenvalue weighted by Crippen LogP contribution is -2.45. The highest BCUT2D eigenvalue weighted by Crippen LogP contribution is 2.24. The lowest BCUT2D eigenvalue weighted by Gasteiger charge is -2.35. The molecule has 1 aromatic rings. The van der Waals surface area contributed by atoms with Crippen molar-refractivity contribution in [2.24, 2.45) is 0 Å². The van der Waals surface area contributed by atoms with E-state index in [1.807, 2.05) is 13.8 Å². The quantitative estimate of drug-likeness (QED) is 0.817. The van der Waals surface area contributed by atoms with Crippen LogP contribution in [0.3, 0.4) is 0 Å². The van der Waals surface area contributed by atoms with E-state index in [-0.39, 0.29) is 24.2 Å². The highest BCUT2D eigenvalue weighted by molar-refractivity contribution is 7.14. The molecule has 0 spiro atoms. The molecule has 2 heterocycles. The molecule has 2 N–H and O–H groups in total. The molecule has 108 valence electrons. The van der Waals surface area contributed by atoms with Gasteiger partial charge in [0.2, 0.25) is 0 Å². The predicted molar refractivity (Wildman–Crippen MR) is 78.8 cm³/mol. The van der Waals surface area contributed by atoms with Crippen LogP contribution in [0, 0.1) is 11.8 Å². The van der Waals surface area contributed by atoms with Gasteiger partial charge >= 0.3 is 0 Å². The summed E-state index contributed by atoms with van der Waals surface area (Å²) in [5.41, 5.74) is -0.177. The first kappa shape index (κ1) is 15.0. The number of aliphatic hydroxyl groups is 1. The number of hydrogen-bond acceptors (Lipinski definition) is 4. The summed E-state index contributed by atoms with van der Waals surface area (Å²) in [7, 11) is 0. The lowest BCUT2D eigenvalue weighted by molar-refractivity contribution is -0.0615. The van der Waals surface area contributed by atoms with Gasteiger partial charge in [-0.1, -0.05) is 11.8 Å². The van der Waals surface area contributed by atoms with Crippen LogP contribution in [0.5, 0.6) is 0 Å². The van der Waals surface area contributed by atoms with E-state index in [1.165, 1.54) is 11.3 Å². The Hall–Kier alpha value is -1.35. The first-order valence-electron chi connectivity index (χ1n) is 6.64. The average molecular weight is 293 g/mol. The van der Waals surface area contributed by atoms with Gasteiger partial charge in [0, 0.05) is 12.6 Å². The molecular formula is C15H19NO3S. The zero-order valence-corrected chi connectivity index (χ0v) is 12.5. The number of carbonyl (C=O) groups is 1. The summed E-state index contributed by atoms with van der Waals surface area (Å²) in [6, 6.07) is 3.72. The van der Waals surface area contributed by atoms with Crippen LogP contribution in [-0.2, 0) is 4.74 Å². The van der Waals surface area contributed by atoms with Crippen LogP contribution in [0.2, 0.25) is 0 Å². The van der Waals surface area contributed by atoms with Gasteiger partial charge in [0.05, 0.1) is 15.4 Å². The van der Waals surface area contributed by atoms with E-state index in [1.54, 1.807) is 12.1 Å². The van der Waals surface area contributed by atoms with E-state index >= 15 is 0 Å². The molecule has 2 rings (SSSR count). The van der Waals surface area contributed by atoms with Crippen LogP contribution >= 0.6 is 11.3 Å². The summed E-state index contributed by atoms with van der Waals surface area (Å²) < 4.78 is 5.64. The first-order chi connectivity index (χ1) is 9.50. The monoisotopic (exact) mass is 293 g/mol. The lowest BCUT2D eigenvalue weighted by atomic mass is 9.94. The van der Waals surface area contributed by atoms with Gasteiger partial charge in [-0.2, -0.15) is 0 Å². The molecule has 0 aromatic carbocycles. The minimum Gasteiger partial charge on any atom is -0.384 e. The van der Waals surface area contributed by atoms with Gasteiger partial charge in [0.1, 0.15) is 6.61 Å². The molecule has 1 amide bonds. The summed E-state index contributed by atoms with van der Waals surface area (Å²) in [6.07, 6.45) is 1.67. The van der Waals surface area contributed by atoms with Crippen LogP contribution in [0.4, 0.5) is 0 Å². The number of thiophene rings is 1. The summed E-state index contributed by atoms with van der Waals surface area (Å²) in [6.45, 7) is 4.59. The largest absolute Gasteiger partial charge is 0.384 e. The third kappa shape index (κ3) is 4.07. The van der Waals surface area contributed by atoms with Crippen molar-refractivity contribution in [1.82, 2.24) is 5.32 Å². The van der Waals surface area contributed by atoms with Crippen LogP contribution in [0.25, 0.3) is 0 Å². The Morgan fingerprint density at radius 2 is 2.40 bits per heavy atom. The SMILES string of the molecule is CC1(C)CC(NC(=O)c2ccc(C#CCO)s2)CCO1. The van der Waals surface area contributed by atoms with Crippen LogP contribution in [0.15, 0.2) is 12.1 Å². The topological polar surface area (TPSA) is 58.6 Å². The molecule has 1 atom stereocenters. The molecule has 1 fully saturated rings. The summed E-state index contributed by atoms with van der Waals surface area (Å²) >= 11 is 1.34. The van der Waals surface area contributed by atoms with Gasteiger partial charge < -0.3 is 15.2 Å². The molecular weight excluding hydrogens is 274 g/mol. The van der Waals surface area contributed by atoms with Gasteiger partial charge in [-0.05, 0) is 38.8 Å². The zero-order chi connectivity index (χ0) is 14.6. The molecule has 0 saturated carbocycles. The second kappa shape index (κ2) is 6.40. The standard InChI is InChI=1S/C15H19NO3S/c1-15(2)10-11(7-9-19-15)16-14(18)13-6-5-12(20-13)4-3-8-17/h5-6,11,17H,7-10H2,1-2H3,(H,16,18). The summed E-state index contributed by atoms with van der Waals surface area (Å²) in [5, 5.41) is 11.7. The van der Waals surface area contributed by atoms with Crippen LogP contribution < -0.4 is 5.32 Å². The van der Waals surface area contributed by atoms with Gasteiger partial charge in [0.15, 0.2) is 0 Å². The third-order valence-corrected chi connectivity index (χ3v) is 4.15. The fourth-order valence-electron chi connectivity index (χ4n) is 2.27. The first-order valence-corrected chi connectivity index (χ1v) is 7.46. The maximum absolute atomic E-state index is 12.2. The van der Waals surface area contributed by atoms with E-state index in [2.05, 4.69) is 17.2 Å². The minimum atomic E-state index is -0.177. The van der Waals surface area contributed by atoms with Crippen molar-refractivity contribution >= 4 is 17.2 Å². The molecule has 1 aliphatic heterocycles. The van der Waals surface area contributed by atoms with Crippen molar-refractivity contribution in [1.29, 1.82) is 0 Å². The van der Waals surface area contributed by atoms with Gasteiger partial charge in [0.25, 0.3) is 5.91 Å². The van der Waals surface area contributed by atoms with E-state index in [0.717, 1.165) is 17.7 Å². The molecule has 1 saturated heterocycles. The predicted octanol–water partition coefficient (Wildman–Crippen LogP) is 1.78. The maximum Gasteiger partial charge on any atom is 0.261 e. The van der Waals surface area contributed by atoms with Gasteiger partial charge in [-0.25, -0.2) is 0 Å². The Morgan fingerprint density at radius 3 is 3.10 bits per heavy atom. The average Bonchev–Trinajstić information content (AvgIpc) is 2.84. The Morgan fingerprint density at radius 1 is 1.60 bits per heavy atom. The van der Waals surface area contributed by atoms with Gasteiger partial charge in [-0.15, -0.1) is 11.3 Å². The van der Waals surface area contributed by atoms with Gasteiger partial charge in [-0.3, -0.25) is 4.79 Å². The molecule has 4 nitrogen and oxygen atoms in total. The molecule has 1 aliphatic rings. The van der Waals surface area contributed by atoms with Crippen molar-refractivity contribution < 1.29 is 14.6 Å². The maximum atomic E-state index is 12.2. The van der Waals surface area contributed by atoms with Crippen molar-refractivity contribution in [2.45, 2.75) is 38.3 Å². The number of carbonyl (C=O) groups excluding carboxylic acids is 1. The van der Waals surface area contributed by atoms with Crippen molar-refractivity contribution in [3.63, 3.8) is 0 Å². The third-order valence-electron chi connectivity index (χ3n) is 3.15. The van der Waals surface area contributed by atoms with E-state index in [9.17, 15) is 4.79 Å². The number of ether oxygens (including phenoxy) is 1. The number of hydrogen-bond donors (Lipinski definition) is 2. The Labute approximate surface area is 123 Å². The molecule has 20 heavy (non-hydrogen) atoms. The highest BCUT2D eigenvalue weighted by atomic mass is 32.1. The zero-order valence-electron chi connectivity index (χ0n) is 11.7. The summed E-state index contributed by atoms with van der Waals surface area (Å²) in [4.78, 5) is 13.6. The number of rotatable bonds is 2. The number of nitrogens with one attached hydrogen (secondary N) is 1. The smallest absolute Gasteiger partial charge is 0.261 e. The molecule has 5 heteroatoms. The molecule has 0 radical (unpaired) electrons. The second-order valence-corrected chi connectivity index (χ2v) is 6.48. The Balaban J connectivity index is 1.96. The molecule has 0 aliphatic carbocycles. The minimum absolute atomic E-state index is 0.0604. The van der Waals surface area contributed by atoms with Crippen LogP contribution in [-0.4, -0.2) is 35.9 Å². The Kier molecular flexibility index (Phi) is 4.81. The molecule has 1 aromatic heterocycles. The number of amides is 1. The Bertz CT molecular complexity index is 539. The summed E-state index contributed by atoms with van der Waals surface area (Å²) in [5.74, 6) is 5.32. The number of aliphatic hydroxyl groups excluding tert-OH is 1. The van der Waals surface area contributed by atoms with Crippen molar-refractivity contribution in [3.8, 4) is 11.8 Å².